The Kier molecular flexibility index (Phi) is 11.9. The smallest absolute Gasteiger partial charge is 0.137 e. The Morgan fingerprint density at radius 1 is 0.196 bits per heavy atom. The van der Waals surface area contributed by atoms with E-state index in [1.165, 1.54) is 89.0 Å². The monoisotopic (exact) mass is 1380 g/mol. The second kappa shape index (κ2) is 21.0. The van der Waals surface area contributed by atoms with Crippen molar-refractivity contribution >= 4 is 122 Å². The summed E-state index contributed by atoms with van der Waals surface area (Å²) in [5.41, 5.74) is 34.6. The van der Waals surface area contributed by atoms with Crippen LogP contribution in [0.15, 0.2) is 301 Å². The van der Waals surface area contributed by atoms with Crippen LogP contribution in [0.25, 0.3) is 155 Å². The van der Waals surface area contributed by atoms with Gasteiger partial charge in [0.25, 0.3) is 0 Å². The largest absolute Gasteiger partial charge is 0.456 e. The van der Waals surface area contributed by atoms with Gasteiger partial charge in [-0.15, -0.1) is 0 Å². The Labute approximate surface area is 617 Å². The molecule has 0 spiro atoms. The minimum absolute atomic E-state index is 0.199. The Bertz CT molecular complexity index is 6680. The molecule has 0 saturated carbocycles. The Hall–Kier alpha value is -12.8. The lowest BCUT2D eigenvalue weighted by Crippen LogP contribution is -2.18. The molecule has 7 heteroatoms. The molecule has 19 aromatic rings. The van der Waals surface area contributed by atoms with Crippen LogP contribution in [0.3, 0.4) is 0 Å². The van der Waals surface area contributed by atoms with Crippen molar-refractivity contribution in [2.45, 2.75) is 77.0 Å². The number of fused-ring (bicyclic) bond motifs is 23. The van der Waals surface area contributed by atoms with Crippen molar-refractivity contribution in [2.24, 2.45) is 0 Å². The van der Waals surface area contributed by atoms with Crippen molar-refractivity contribution in [3.63, 3.8) is 0 Å². The van der Waals surface area contributed by atoms with Crippen molar-refractivity contribution in [1.82, 2.24) is 0 Å². The van der Waals surface area contributed by atoms with Crippen LogP contribution in [-0.4, -0.2) is 0 Å². The van der Waals surface area contributed by atoms with Crippen LogP contribution in [-0.2, 0) is 21.7 Å². The van der Waals surface area contributed by atoms with Gasteiger partial charge in [0.15, 0.2) is 0 Å². The minimum Gasteiger partial charge on any atom is -0.456 e. The zero-order chi connectivity index (χ0) is 71.5. The summed E-state index contributed by atoms with van der Waals surface area (Å²) in [5, 5.41) is 8.15. The number of rotatable bonds is 8. The number of anilines is 6. The minimum atomic E-state index is -0.306. The molecule has 5 heterocycles. The summed E-state index contributed by atoms with van der Waals surface area (Å²) < 4.78 is 34.0. The molecule has 0 atom stereocenters. The molecule has 14 aromatic carbocycles. The molecule has 0 N–H and O–H groups in total. The van der Waals surface area contributed by atoms with E-state index in [2.05, 4.69) is 320 Å². The first-order valence-electron chi connectivity index (χ1n) is 37.3. The van der Waals surface area contributed by atoms with E-state index in [-0.39, 0.29) is 21.7 Å². The highest BCUT2D eigenvalue weighted by atomic mass is 16.4. The van der Waals surface area contributed by atoms with Crippen LogP contribution in [0.2, 0.25) is 0 Å². The molecular formula is C100H70N2O5. The lowest BCUT2D eigenvalue weighted by molar-refractivity contribution is 0.629. The van der Waals surface area contributed by atoms with Crippen molar-refractivity contribution in [3.8, 4) is 67.2 Å². The average molecular weight is 1380 g/mol. The van der Waals surface area contributed by atoms with E-state index in [9.17, 15) is 0 Å². The molecule has 0 aliphatic heterocycles. The summed E-state index contributed by atoms with van der Waals surface area (Å²) in [7, 11) is 0. The highest BCUT2D eigenvalue weighted by Crippen LogP contribution is 2.58. The Morgan fingerprint density at radius 2 is 0.467 bits per heavy atom. The molecule has 107 heavy (non-hydrogen) atoms. The molecule has 510 valence electrons. The molecule has 7 nitrogen and oxygen atoms in total. The fourth-order valence-electron chi connectivity index (χ4n) is 19.4. The predicted octanol–water partition coefficient (Wildman–Crippen LogP) is 28.4. The molecule has 0 radical (unpaired) electrons. The molecule has 0 saturated heterocycles. The average Bonchev–Trinajstić information content (AvgIpc) is 1.59. The van der Waals surface area contributed by atoms with E-state index in [1.807, 2.05) is 24.3 Å². The van der Waals surface area contributed by atoms with E-state index in [4.69, 9.17) is 22.1 Å². The number of nitrogens with zero attached hydrogens (tertiary/aromatic N) is 2. The van der Waals surface area contributed by atoms with Gasteiger partial charge in [-0.05, 0) is 222 Å². The second-order valence-corrected chi connectivity index (χ2v) is 32.4. The summed E-state index contributed by atoms with van der Waals surface area (Å²) >= 11 is 0. The molecule has 0 unspecified atom stereocenters. The van der Waals surface area contributed by atoms with Crippen molar-refractivity contribution in [3.05, 3.63) is 324 Å². The van der Waals surface area contributed by atoms with Gasteiger partial charge in [0.2, 0.25) is 0 Å². The van der Waals surface area contributed by atoms with Crippen molar-refractivity contribution in [2.75, 3.05) is 9.80 Å². The van der Waals surface area contributed by atoms with Crippen LogP contribution in [0.1, 0.15) is 99.9 Å². The highest BCUT2D eigenvalue weighted by molar-refractivity contribution is 6.19. The summed E-state index contributed by atoms with van der Waals surface area (Å²) in [5.74, 6) is 1.75. The molecule has 4 aliphatic carbocycles. The van der Waals surface area contributed by atoms with Crippen LogP contribution in [0.4, 0.5) is 34.1 Å². The van der Waals surface area contributed by atoms with Gasteiger partial charge >= 0.3 is 0 Å². The maximum Gasteiger partial charge on any atom is 0.137 e. The normalized spacial score (nSPS) is 15.0. The fraction of sp³-hybridized carbons (Fsp3) is 0.120. The maximum atomic E-state index is 7.08. The SMILES string of the molecule is CC1(C)c2ccccc2-c2ccc(N(c3ccc4c(c3)C(C)(C)c3cc(-c5cc6ccccc6o5)ccc3-4)c3ccc4c(c3)oc3cc5c(cc34)oc3cc4c(cc35)oc3cc(N(c5ccc6c(c5)C(C)(C)c5ccccc5-6)c5ccc6c(c5)C(C)(C)c5cc(-c7cc8ccccc8o7)ccc5-6)ccc34)cc21. The van der Waals surface area contributed by atoms with Gasteiger partial charge in [-0.2, -0.15) is 0 Å². The Balaban J connectivity index is 0.619. The first-order chi connectivity index (χ1) is 52.0. The summed E-state index contributed by atoms with van der Waals surface area (Å²) in [6, 6.07) is 102. The second-order valence-electron chi connectivity index (χ2n) is 32.4. The molecule has 4 aliphatic rings. The standard InChI is InChI=1S/C100H70N2O5/c1-97(2)79-21-13-11-19-65(79)69-35-27-59(45-83(69)97)101(61-29-37-71-67-33-25-57(41-81(67)99(5,6)85(71)47-61)89-43-55-17-9-15-23-87(55)103-89)63-31-39-73-75-51-95-77(53-93(75)105-91(73)49-63)78-54-94-76(52-96(78)107-95)74-40-32-64(50-92(74)106-94)102(60-28-36-70-66-20-12-14-22-80(66)98(3,4)84(70)46-60)62-30-38-72-68-34-26-58(42-82(68)100(7,8)86(72)48-62)90-44-56-18-10-16-24-88(56)104-90/h9-54H,1-8H3. The molecule has 5 aromatic heterocycles. The predicted molar refractivity (Wildman–Crippen MR) is 438 cm³/mol. The summed E-state index contributed by atoms with van der Waals surface area (Å²) in [4.78, 5) is 4.84. The molecule has 0 fully saturated rings. The molecule has 0 amide bonds. The van der Waals surface area contributed by atoms with E-state index in [1.54, 1.807) is 0 Å². The van der Waals surface area contributed by atoms with Gasteiger partial charge in [0.1, 0.15) is 56.2 Å². The highest BCUT2D eigenvalue weighted by Gasteiger charge is 2.41. The van der Waals surface area contributed by atoms with E-state index < -0.39 is 0 Å². The third-order valence-electron chi connectivity index (χ3n) is 25.0. The quantitative estimate of drug-likeness (QED) is 0.150. The number of furan rings is 5. The van der Waals surface area contributed by atoms with Gasteiger partial charge in [-0.3, -0.25) is 0 Å². The van der Waals surface area contributed by atoms with Gasteiger partial charge < -0.3 is 31.9 Å². The van der Waals surface area contributed by atoms with E-state index in [0.29, 0.717) is 0 Å². The molecule has 0 bridgehead atoms. The van der Waals surface area contributed by atoms with Gasteiger partial charge in [-0.1, -0.05) is 189 Å². The van der Waals surface area contributed by atoms with Crippen molar-refractivity contribution < 1.29 is 22.1 Å². The number of hydrogen-bond donors (Lipinski definition) is 0. The lowest BCUT2D eigenvalue weighted by atomic mass is 9.81. The zero-order valence-corrected chi connectivity index (χ0v) is 60.5. The van der Waals surface area contributed by atoms with Crippen molar-refractivity contribution in [1.29, 1.82) is 0 Å². The topological polar surface area (TPSA) is 72.2 Å². The summed E-state index contributed by atoms with van der Waals surface area (Å²) in [6.07, 6.45) is 0. The van der Waals surface area contributed by atoms with Crippen LogP contribution in [0.5, 0.6) is 0 Å². The molecular weight excluding hydrogens is 1310 g/mol. The number of hydrogen-bond acceptors (Lipinski definition) is 7. The Morgan fingerprint density at radius 3 is 0.832 bits per heavy atom. The van der Waals surface area contributed by atoms with Crippen LogP contribution in [0, 0.1) is 0 Å². The molecule has 23 rings (SSSR count). The first kappa shape index (κ1) is 60.6. The maximum absolute atomic E-state index is 7.08. The van der Waals surface area contributed by atoms with E-state index >= 15 is 0 Å². The van der Waals surface area contributed by atoms with Gasteiger partial charge in [0, 0.05) is 122 Å². The van der Waals surface area contributed by atoms with Gasteiger partial charge in [0.05, 0.1) is 0 Å². The van der Waals surface area contributed by atoms with Crippen LogP contribution < -0.4 is 9.80 Å². The number of benzene rings is 14. The van der Waals surface area contributed by atoms with Crippen LogP contribution >= 0.6 is 0 Å². The zero-order valence-electron chi connectivity index (χ0n) is 60.5. The van der Waals surface area contributed by atoms with E-state index in [0.717, 1.165) is 145 Å². The first-order valence-corrected chi connectivity index (χ1v) is 37.3. The third kappa shape index (κ3) is 8.42. The lowest BCUT2D eigenvalue weighted by Gasteiger charge is -2.29. The summed E-state index contributed by atoms with van der Waals surface area (Å²) in [6.45, 7) is 18.9. The third-order valence-corrected chi connectivity index (χ3v) is 25.0. The van der Waals surface area contributed by atoms with Gasteiger partial charge in [-0.25, -0.2) is 0 Å². The fourth-order valence-corrected chi connectivity index (χ4v) is 19.4. The number of para-hydroxylation sites is 2.